The van der Waals surface area contributed by atoms with Gasteiger partial charge in [0.05, 0.1) is 13.8 Å². The molecule has 1 aromatic carbocycles. The molecule has 1 aromatic rings. The monoisotopic (exact) mass is 363 g/mol. The Labute approximate surface area is 153 Å². The molecule has 3 amide bonds. The number of imide groups is 1. The highest BCUT2D eigenvalue weighted by molar-refractivity contribution is 6.07. The van der Waals surface area contributed by atoms with Crippen LogP contribution in [0.4, 0.5) is 9.18 Å². The molecular weight excluding hydrogens is 337 g/mol. The summed E-state index contributed by atoms with van der Waals surface area (Å²) in [6.07, 6.45) is 5.55. The Kier molecular flexibility index (Phi) is 5.46. The second kappa shape index (κ2) is 7.61. The van der Waals surface area contributed by atoms with Crippen LogP contribution in [0.5, 0.6) is 5.75 Å². The van der Waals surface area contributed by atoms with E-state index in [-0.39, 0.29) is 24.4 Å². The lowest BCUT2D eigenvalue weighted by molar-refractivity contribution is -0.133. The topological polar surface area (TPSA) is 61.9 Å². The van der Waals surface area contributed by atoms with E-state index in [2.05, 4.69) is 5.32 Å². The number of hydrogen-bond donors (Lipinski definition) is 1. The molecule has 26 heavy (non-hydrogen) atoms. The van der Waals surface area contributed by atoms with Crippen LogP contribution in [0.15, 0.2) is 18.2 Å². The van der Waals surface area contributed by atoms with E-state index in [1.165, 1.54) is 18.1 Å². The van der Waals surface area contributed by atoms with Crippen molar-refractivity contribution in [1.82, 2.24) is 15.1 Å². The van der Waals surface area contributed by atoms with Crippen LogP contribution in [-0.2, 0) is 11.3 Å². The second-order valence-corrected chi connectivity index (χ2v) is 7.28. The van der Waals surface area contributed by atoms with Crippen LogP contribution in [0.1, 0.15) is 44.1 Å². The van der Waals surface area contributed by atoms with Crippen LogP contribution >= 0.6 is 0 Å². The number of urea groups is 1. The molecular formula is C19H26FN3O3. The van der Waals surface area contributed by atoms with Crippen LogP contribution in [0.25, 0.3) is 0 Å². The number of nitrogens with zero attached hydrogens (tertiary/aromatic N) is 2. The highest BCUT2D eigenvalue weighted by Crippen LogP contribution is 2.32. The number of carbonyl (C=O) groups excluding carboxylic acids is 2. The van der Waals surface area contributed by atoms with Crippen molar-refractivity contribution in [1.29, 1.82) is 0 Å². The SMILES string of the molecule is COc1ccc(CN(C)CN2C(=O)NC3(CCCCCC3)C2=O)cc1F. The van der Waals surface area contributed by atoms with E-state index < -0.39 is 11.4 Å². The Morgan fingerprint density at radius 2 is 1.92 bits per heavy atom. The van der Waals surface area contributed by atoms with E-state index in [1.807, 2.05) is 4.90 Å². The molecule has 0 bridgehead atoms. The maximum absolute atomic E-state index is 13.8. The molecule has 0 unspecified atom stereocenters. The van der Waals surface area contributed by atoms with Gasteiger partial charge in [-0.25, -0.2) is 14.1 Å². The molecule has 142 valence electrons. The van der Waals surface area contributed by atoms with Crippen molar-refractivity contribution in [3.05, 3.63) is 29.6 Å². The molecule has 1 spiro atoms. The van der Waals surface area contributed by atoms with Gasteiger partial charge < -0.3 is 10.1 Å². The van der Waals surface area contributed by atoms with Crippen molar-refractivity contribution >= 4 is 11.9 Å². The van der Waals surface area contributed by atoms with Crippen molar-refractivity contribution in [3.8, 4) is 5.75 Å². The van der Waals surface area contributed by atoms with Gasteiger partial charge in [0.1, 0.15) is 5.54 Å². The van der Waals surface area contributed by atoms with Crippen LogP contribution in [-0.4, -0.2) is 48.1 Å². The van der Waals surface area contributed by atoms with Gasteiger partial charge in [0.15, 0.2) is 11.6 Å². The summed E-state index contributed by atoms with van der Waals surface area (Å²) >= 11 is 0. The molecule has 1 aliphatic heterocycles. The standard InChI is InChI=1S/C19H26FN3O3/c1-22(12-14-7-8-16(26-2)15(20)11-14)13-23-17(24)19(21-18(23)25)9-5-3-4-6-10-19/h7-8,11H,3-6,9-10,12-13H2,1-2H3,(H,21,25). The Morgan fingerprint density at radius 3 is 2.54 bits per heavy atom. The summed E-state index contributed by atoms with van der Waals surface area (Å²) in [5, 5.41) is 2.94. The molecule has 2 fully saturated rings. The Balaban J connectivity index is 1.65. The molecule has 0 atom stereocenters. The third-order valence-electron chi connectivity index (χ3n) is 5.25. The van der Waals surface area contributed by atoms with Gasteiger partial charge in [0, 0.05) is 6.54 Å². The van der Waals surface area contributed by atoms with Crippen LogP contribution in [0.2, 0.25) is 0 Å². The molecule has 6 nitrogen and oxygen atoms in total. The zero-order valence-corrected chi connectivity index (χ0v) is 15.4. The summed E-state index contributed by atoms with van der Waals surface area (Å²) in [6, 6.07) is 4.43. The molecule has 0 radical (unpaired) electrons. The zero-order chi connectivity index (χ0) is 18.7. The number of rotatable bonds is 5. The van der Waals surface area contributed by atoms with E-state index in [4.69, 9.17) is 4.74 Å². The van der Waals surface area contributed by atoms with E-state index >= 15 is 0 Å². The molecule has 1 heterocycles. The zero-order valence-electron chi connectivity index (χ0n) is 15.4. The van der Waals surface area contributed by atoms with Crippen LogP contribution < -0.4 is 10.1 Å². The Bertz CT molecular complexity index is 687. The number of carbonyl (C=O) groups is 2. The van der Waals surface area contributed by atoms with Crippen molar-refractivity contribution in [3.63, 3.8) is 0 Å². The summed E-state index contributed by atoms with van der Waals surface area (Å²) < 4.78 is 18.8. The largest absolute Gasteiger partial charge is 0.494 e. The predicted molar refractivity (Wildman–Crippen MR) is 95.1 cm³/mol. The Morgan fingerprint density at radius 1 is 1.23 bits per heavy atom. The lowest BCUT2D eigenvalue weighted by Crippen LogP contribution is -2.47. The number of ether oxygens (including phenoxy) is 1. The molecule has 1 saturated carbocycles. The number of hydrogen-bond acceptors (Lipinski definition) is 4. The van der Waals surface area contributed by atoms with Crippen molar-refractivity contribution in [2.45, 2.75) is 50.6 Å². The minimum Gasteiger partial charge on any atom is -0.494 e. The first-order chi connectivity index (χ1) is 12.4. The smallest absolute Gasteiger partial charge is 0.326 e. The summed E-state index contributed by atoms with van der Waals surface area (Å²) in [4.78, 5) is 28.4. The lowest BCUT2D eigenvalue weighted by atomic mass is 9.90. The molecule has 1 N–H and O–H groups in total. The quantitative estimate of drug-likeness (QED) is 0.817. The molecule has 3 rings (SSSR count). The van der Waals surface area contributed by atoms with Crippen LogP contribution in [0.3, 0.4) is 0 Å². The minimum atomic E-state index is -0.722. The Hall–Kier alpha value is -2.15. The molecule has 0 aromatic heterocycles. The fourth-order valence-corrected chi connectivity index (χ4v) is 3.89. The lowest BCUT2D eigenvalue weighted by Gasteiger charge is -2.26. The van der Waals surface area contributed by atoms with Gasteiger partial charge in [0.25, 0.3) is 5.91 Å². The van der Waals surface area contributed by atoms with E-state index in [1.54, 1.807) is 19.2 Å². The van der Waals surface area contributed by atoms with E-state index in [0.717, 1.165) is 31.2 Å². The number of methoxy groups -OCH3 is 1. The van der Waals surface area contributed by atoms with E-state index in [0.29, 0.717) is 19.4 Å². The fourth-order valence-electron chi connectivity index (χ4n) is 3.89. The fraction of sp³-hybridized carbons (Fsp3) is 0.579. The van der Waals surface area contributed by atoms with Gasteiger partial charge in [-0.2, -0.15) is 0 Å². The minimum absolute atomic E-state index is 0.128. The second-order valence-electron chi connectivity index (χ2n) is 7.28. The number of benzene rings is 1. The number of halogens is 1. The average molecular weight is 363 g/mol. The van der Waals surface area contributed by atoms with Crippen molar-refractivity contribution < 1.29 is 18.7 Å². The summed E-state index contributed by atoms with van der Waals surface area (Å²) in [5.41, 5.74) is 0.0303. The summed E-state index contributed by atoms with van der Waals surface area (Å²) in [7, 11) is 3.23. The third kappa shape index (κ3) is 3.67. The molecule has 2 aliphatic rings. The first kappa shape index (κ1) is 18.6. The van der Waals surface area contributed by atoms with Crippen molar-refractivity contribution in [2.75, 3.05) is 20.8 Å². The number of amides is 3. The third-order valence-corrected chi connectivity index (χ3v) is 5.25. The van der Waals surface area contributed by atoms with Gasteiger partial charge >= 0.3 is 6.03 Å². The molecule has 1 aliphatic carbocycles. The summed E-state index contributed by atoms with van der Waals surface area (Å²) in [6.45, 7) is 0.602. The normalized spacial score (nSPS) is 19.8. The molecule has 1 saturated heterocycles. The van der Waals surface area contributed by atoms with Gasteiger partial charge in [-0.3, -0.25) is 9.69 Å². The first-order valence-electron chi connectivity index (χ1n) is 9.10. The van der Waals surface area contributed by atoms with Crippen LogP contribution in [0, 0.1) is 5.82 Å². The predicted octanol–water partition coefficient (Wildman–Crippen LogP) is 2.87. The van der Waals surface area contributed by atoms with Gasteiger partial charge in [0.2, 0.25) is 0 Å². The van der Waals surface area contributed by atoms with Gasteiger partial charge in [-0.15, -0.1) is 0 Å². The van der Waals surface area contributed by atoms with Crippen molar-refractivity contribution in [2.24, 2.45) is 0 Å². The van der Waals surface area contributed by atoms with E-state index in [9.17, 15) is 14.0 Å². The summed E-state index contributed by atoms with van der Waals surface area (Å²) in [5.74, 6) is -0.358. The van der Waals surface area contributed by atoms with Gasteiger partial charge in [-0.05, 0) is 37.6 Å². The van der Waals surface area contributed by atoms with Gasteiger partial charge in [-0.1, -0.05) is 31.7 Å². The maximum Gasteiger partial charge on any atom is 0.326 e. The highest BCUT2D eigenvalue weighted by atomic mass is 19.1. The average Bonchev–Trinajstić information content (AvgIpc) is 2.77. The molecule has 7 heteroatoms. The number of nitrogens with one attached hydrogen (secondary N) is 1. The maximum atomic E-state index is 13.8. The highest BCUT2D eigenvalue weighted by Gasteiger charge is 2.50. The first-order valence-corrected chi connectivity index (χ1v) is 9.10.